The molecule has 2 aromatic carbocycles. The fourth-order valence-corrected chi connectivity index (χ4v) is 4.27. The molecule has 1 fully saturated rings. The topological polar surface area (TPSA) is 38.8 Å². The number of carbonyl (C=O) groups excluding carboxylic acids is 1. The molecule has 0 spiro atoms. The van der Waals surface area contributed by atoms with Crippen molar-refractivity contribution in [3.05, 3.63) is 63.5 Å². The van der Waals surface area contributed by atoms with Crippen LogP contribution in [0.25, 0.3) is 6.08 Å². The van der Waals surface area contributed by atoms with Crippen LogP contribution in [0.4, 0.5) is 0 Å². The van der Waals surface area contributed by atoms with E-state index in [-0.39, 0.29) is 5.91 Å². The lowest BCUT2D eigenvalue weighted by atomic mass is 10.1. The van der Waals surface area contributed by atoms with Gasteiger partial charge in [-0.15, -0.1) is 0 Å². The first kappa shape index (κ1) is 20.7. The summed E-state index contributed by atoms with van der Waals surface area (Å²) in [6.07, 6.45) is 1.83. The Morgan fingerprint density at radius 1 is 1.14 bits per heavy atom. The minimum Gasteiger partial charge on any atom is -0.490 e. The molecule has 0 aliphatic carbocycles. The Hall–Kier alpha value is -2.02. The average molecular weight is 434 g/mol. The van der Waals surface area contributed by atoms with Crippen molar-refractivity contribution in [1.82, 2.24) is 4.90 Å². The Bertz CT molecular complexity index is 930. The molecule has 1 heterocycles. The highest BCUT2D eigenvalue weighted by molar-refractivity contribution is 8.26. The molecule has 146 valence electrons. The fraction of sp³-hybridized carbons (Fsp3) is 0.238. The highest BCUT2D eigenvalue weighted by atomic mass is 35.5. The minimum absolute atomic E-state index is 0.0606. The first-order chi connectivity index (χ1) is 13.5. The van der Waals surface area contributed by atoms with Crippen LogP contribution in [-0.4, -0.2) is 28.3 Å². The summed E-state index contributed by atoms with van der Waals surface area (Å²) in [4.78, 5) is 14.6. The molecule has 0 saturated carbocycles. The van der Waals surface area contributed by atoms with Gasteiger partial charge in [-0.25, -0.2) is 0 Å². The number of nitrogens with zero attached hydrogens (tertiary/aromatic N) is 1. The predicted molar refractivity (Wildman–Crippen MR) is 119 cm³/mol. The van der Waals surface area contributed by atoms with E-state index in [2.05, 4.69) is 0 Å². The molecular formula is C21H20ClNO3S2. The quantitative estimate of drug-likeness (QED) is 0.423. The summed E-state index contributed by atoms with van der Waals surface area (Å²) >= 11 is 12.8. The molecule has 0 unspecified atom stereocenters. The zero-order chi connectivity index (χ0) is 20.1. The molecule has 0 N–H and O–H groups in total. The fourth-order valence-electron chi connectivity index (χ4n) is 2.70. The number of halogens is 1. The van der Waals surface area contributed by atoms with E-state index in [4.69, 9.17) is 33.3 Å². The number of rotatable bonds is 7. The zero-order valence-electron chi connectivity index (χ0n) is 15.6. The Morgan fingerprint density at radius 3 is 2.61 bits per heavy atom. The Morgan fingerprint density at radius 2 is 1.93 bits per heavy atom. The SMILES string of the molecule is CCOc1cc(/C=C2/SC(=S)N(CC)C2=O)ccc1OCc1ccccc1Cl. The van der Waals surface area contributed by atoms with E-state index in [9.17, 15) is 4.79 Å². The normalized spacial score (nSPS) is 15.4. The van der Waals surface area contributed by atoms with E-state index in [1.807, 2.05) is 62.4 Å². The maximum atomic E-state index is 12.4. The molecule has 1 saturated heterocycles. The van der Waals surface area contributed by atoms with E-state index in [0.717, 1.165) is 11.1 Å². The molecule has 4 nitrogen and oxygen atoms in total. The van der Waals surface area contributed by atoms with Gasteiger partial charge in [-0.3, -0.25) is 9.69 Å². The highest BCUT2D eigenvalue weighted by Gasteiger charge is 2.30. The van der Waals surface area contributed by atoms with Crippen molar-refractivity contribution < 1.29 is 14.3 Å². The van der Waals surface area contributed by atoms with Gasteiger partial charge in [0.1, 0.15) is 10.9 Å². The van der Waals surface area contributed by atoms with Gasteiger partial charge < -0.3 is 9.47 Å². The van der Waals surface area contributed by atoms with Crippen molar-refractivity contribution in [3.8, 4) is 11.5 Å². The number of hydrogen-bond acceptors (Lipinski definition) is 5. The van der Waals surface area contributed by atoms with Crippen LogP contribution in [0.2, 0.25) is 5.02 Å². The van der Waals surface area contributed by atoms with E-state index in [1.165, 1.54) is 11.8 Å². The summed E-state index contributed by atoms with van der Waals surface area (Å²) in [5, 5.41) is 0.662. The molecule has 2 aromatic rings. The van der Waals surface area contributed by atoms with Crippen LogP contribution in [0.1, 0.15) is 25.0 Å². The Balaban J connectivity index is 1.81. The van der Waals surface area contributed by atoms with Gasteiger partial charge in [-0.1, -0.05) is 59.8 Å². The number of thiocarbonyl (C=S) groups is 1. The summed E-state index contributed by atoms with van der Waals surface area (Å²) in [5.41, 5.74) is 1.75. The molecule has 0 bridgehead atoms. The van der Waals surface area contributed by atoms with Crippen molar-refractivity contribution in [2.45, 2.75) is 20.5 Å². The largest absolute Gasteiger partial charge is 0.490 e. The molecule has 0 atom stereocenters. The van der Waals surface area contributed by atoms with E-state index < -0.39 is 0 Å². The van der Waals surface area contributed by atoms with Gasteiger partial charge in [0.2, 0.25) is 0 Å². The van der Waals surface area contributed by atoms with Crippen LogP contribution in [0.15, 0.2) is 47.4 Å². The first-order valence-electron chi connectivity index (χ1n) is 8.92. The second-order valence-corrected chi connectivity index (χ2v) is 8.03. The van der Waals surface area contributed by atoms with Gasteiger partial charge in [-0.05, 0) is 43.7 Å². The summed E-state index contributed by atoms with van der Waals surface area (Å²) in [5.74, 6) is 1.18. The maximum Gasteiger partial charge on any atom is 0.266 e. The number of ether oxygens (including phenoxy) is 2. The van der Waals surface area contributed by atoms with E-state index >= 15 is 0 Å². The molecule has 1 aliphatic rings. The standard InChI is InChI=1S/C21H20ClNO3S2/c1-3-23-20(24)19(28-21(23)27)12-14-9-10-17(18(11-14)25-4-2)26-13-15-7-5-6-8-16(15)22/h5-12H,3-4,13H2,1-2H3/b19-12+. The van der Waals surface area contributed by atoms with Crippen LogP contribution in [0, 0.1) is 0 Å². The van der Waals surface area contributed by atoms with Crippen molar-refractivity contribution in [1.29, 1.82) is 0 Å². The monoisotopic (exact) mass is 433 g/mol. The molecule has 28 heavy (non-hydrogen) atoms. The van der Waals surface area contributed by atoms with E-state index in [0.29, 0.717) is 45.5 Å². The van der Waals surface area contributed by atoms with Crippen LogP contribution in [0.5, 0.6) is 11.5 Å². The van der Waals surface area contributed by atoms with Gasteiger partial charge in [0.25, 0.3) is 5.91 Å². The Kier molecular flexibility index (Phi) is 6.99. The lowest BCUT2D eigenvalue weighted by molar-refractivity contribution is -0.121. The summed E-state index contributed by atoms with van der Waals surface area (Å²) < 4.78 is 12.2. The summed E-state index contributed by atoms with van der Waals surface area (Å²) in [7, 11) is 0. The first-order valence-corrected chi connectivity index (χ1v) is 10.5. The lowest BCUT2D eigenvalue weighted by Crippen LogP contribution is -2.27. The second-order valence-electron chi connectivity index (χ2n) is 5.95. The number of hydrogen-bond donors (Lipinski definition) is 0. The third-order valence-corrected chi connectivity index (χ3v) is 5.84. The summed E-state index contributed by atoms with van der Waals surface area (Å²) in [6.45, 7) is 5.24. The molecule has 0 radical (unpaired) electrons. The number of thioether (sulfide) groups is 1. The average Bonchev–Trinajstić information content (AvgIpc) is 2.95. The van der Waals surface area contributed by atoms with Gasteiger partial charge in [0.05, 0.1) is 11.5 Å². The predicted octanol–water partition coefficient (Wildman–Crippen LogP) is 5.54. The minimum atomic E-state index is -0.0606. The molecule has 7 heteroatoms. The highest BCUT2D eigenvalue weighted by Crippen LogP contribution is 2.35. The second kappa shape index (κ2) is 9.45. The Labute approximate surface area is 179 Å². The maximum absolute atomic E-state index is 12.4. The number of amides is 1. The van der Waals surface area contributed by atoms with Crippen molar-refractivity contribution in [2.75, 3.05) is 13.2 Å². The number of carbonyl (C=O) groups is 1. The van der Waals surface area contributed by atoms with Crippen LogP contribution in [0.3, 0.4) is 0 Å². The van der Waals surface area contributed by atoms with Crippen molar-refractivity contribution >= 4 is 51.9 Å². The molecule has 1 amide bonds. The van der Waals surface area contributed by atoms with Crippen LogP contribution < -0.4 is 9.47 Å². The lowest BCUT2D eigenvalue weighted by Gasteiger charge is -2.13. The summed E-state index contributed by atoms with van der Waals surface area (Å²) in [6, 6.07) is 13.2. The molecule has 1 aliphatic heterocycles. The number of benzene rings is 2. The van der Waals surface area contributed by atoms with Gasteiger partial charge in [0.15, 0.2) is 11.5 Å². The van der Waals surface area contributed by atoms with Crippen molar-refractivity contribution in [2.24, 2.45) is 0 Å². The zero-order valence-corrected chi connectivity index (χ0v) is 18.0. The molecule has 3 rings (SSSR count). The van der Waals surface area contributed by atoms with Gasteiger partial charge >= 0.3 is 0 Å². The van der Waals surface area contributed by atoms with Crippen LogP contribution in [-0.2, 0) is 11.4 Å². The number of likely N-dealkylation sites (N-methyl/N-ethyl adjacent to an activating group) is 1. The van der Waals surface area contributed by atoms with Gasteiger partial charge in [0, 0.05) is 17.1 Å². The van der Waals surface area contributed by atoms with Crippen LogP contribution >= 0.6 is 35.6 Å². The third kappa shape index (κ3) is 4.69. The third-order valence-electron chi connectivity index (χ3n) is 4.10. The van der Waals surface area contributed by atoms with E-state index in [1.54, 1.807) is 4.90 Å². The molecular weight excluding hydrogens is 414 g/mol. The van der Waals surface area contributed by atoms with Crippen molar-refractivity contribution in [3.63, 3.8) is 0 Å². The van der Waals surface area contributed by atoms with Gasteiger partial charge in [-0.2, -0.15) is 0 Å². The molecule has 0 aromatic heterocycles. The smallest absolute Gasteiger partial charge is 0.266 e.